The molecule has 0 aromatic heterocycles. The number of benzene rings is 2. The Bertz CT molecular complexity index is 1030. The zero-order valence-corrected chi connectivity index (χ0v) is 16.0. The number of Topliss-reactive ketones (excluding diaryl/α,β-unsaturated/α-hetero) is 2. The van der Waals surface area contributed by atoms with E-state index in [1.54, 1.807) is 12.1 Å². The first kappa shape index (κ1) is 17.5. The summed E-state index contributed by atoms with van der Waals surface area (Å²) in [6.07, 6.45) is 1.15. The van der Waals surface area contributed by atoms with Gasteiger partial charge in [-0.3, -0.25) is 9.59 Å². The Labute approximate surface area is 163 Å². The first-order chi connectivity index (χ1) is 13.4. The fourth-order valence-electron chi connectivity index (χ4n) is 5.44. The van der Waals surface area contributed by atoms with Crippen LogP contribution in [0.4, 0.5) is 4.39 Å². The van der Waals surface area contributed by atoms with Crippen LogP contribution in [-0.4, -0.2) is 23.8 Å². The minimum atomic E-state index is -0.703. The highest BCUT2D eigenvalue weighted by Crippen LogP contribution is 2.54. The molecule has 1 saturated carbocycles. The Morgan fingerprint density at radius 3 is 2.14 bits per heavy atom. The first-order valence-corrected chi connectivity index (χ1v) is 9.65. The highest BCUT2D eigenvalue weighted by molar-refractivity contribution is 6.18. The molecule has 1 aliphatic carbocycles. The molecule has 3 nitrogen and oxygen atoms in total. The molecule has 2 aromatic carbocycles. The van der Waals surface area contributed by atoms with Gasteiger partial charge in [0.15, 0.2) is 11.6 Å². The van der Waals surface area contributed by atoms with Crippen LogP contribution >= 0.6 is 0 Å². The highest BCUT2D eigenvalue weighted by Gasteiger charge is 2.63. The van der Waals surface area contributed by atoms with E-state index in [2.05, 4.69) is 0 Å². The lowest BCUT2D eigenvalue weighted by molar-refractivity contribution is -0.127. The molecule has 2 aliphatic heterocycles. The van der Waals surface area contributed by atoms with E-state index in [9.17, 15) is 14.0 Å². The van der Waals surface area contributed by atoms with E-state index >= 15 is 0 Å². The van der Waals surface area contributed by atoms with Crippen molar-refractivity contribution in [3.05, 3.63) is 76.1 Å². The summed E-state index contributed by atoms with van der Waals surface area (Å²) in [5.74, 6) is -1.93. The number of fused-ring (bicyclic) bond motifs is 5. The van der Waals surface area contributed by atoms with Gasteiger partial charge in [0.25, 0.3) is 0 Å². The minimum absolute atomic E-state index is 0.0213. The lowest BCUT2D eigenvalue weighted by Gasteiger charge is -2.20. The molecule has 2 aromatic rings. The van der Waals surface area contributed by atoms with Crippen molar-refractivity contribution in [1.29, 1.82) is 0 Å². The van der Waals surface area contributed by atoms with E-state index in [-0.39, 0.29) is 23.5 Å². The summed E-state index contributed by atoms with van der Waals surface area (Å²) in [5.41, 5.74) is 5.70. The Kier molecular flexibility index (Phi) is 3.72. The lowest BCUT2D eigenvalue weighted by Crippen LogP contribution is -2.28. The monoisotopic (exact) mass is 376 g/mol. The predicted octanol–water partition coefficient (Wildman–Crippen LogP) is 4.08. The maximum absolute atomic E-state index is 13.4. The van der Waals surface area contributed by atoms with Crippen molar-refractivity contribution in [1.82, 2.24) is 0 Å². The molecule has 5 rings (SSSR count). The molecule has 1 saturated heterocycles. The molecule has 28 heavy (non-hydrogen) atoms. The van der Waals surface area contributed by atoms with Gasteiger partial charge in [-0.2, -0.15) is 0 Å². The van der Waals surface area contributed by atoms with Crippen LogP contribution in [0.5, 0.6) is 0 Å². The third-order valence-electron chi connectivity index (χ3n) is 6.45. The van der Waals surface area contributed by atoms with Gasteiger partial charge in [-0.25, -0.2) is 4.39 Å². The van der Waals surface area contributed by atoms with Crippen molar-refractivity contribution in [3.63, 3.8) is 0 Å². The van der Waals surface area contributed by atoms with Crippen LogP contribution in [0.1, 0.15) is 33.7 Å². The number of rotatable bonds is 2. The van der Waals surface area contributed by atoms with Gasteiger partial charge in [0.2, 0.25) is 0 Å². The predicted molar refractivity (Wildman–Crippen MR) is 103 cm³/mol. The maximum atomic E-state index is 13.4. The van der Waals surface area contributed by atoms with Crippen molar-refractivity contribution in [2.45, 2.75) is 38.9 Å². The average Bonchev–Trinajstić information content (AvgIpc) is 3.29. The molecular formula is C24H21FO3. The van der Waals surface area contributed by atoms with E-state index in [1.165, 1.54) is 12.1 Å². The van der Waals surface area contributed by atoms with Crippen LogP contribution in [0.2, 0.25) is 0 Å². The quantitative estimate of drug-likeness (QED) is 0.742. The molecule has 3 aliphatic rings. The van der Waals surface area contributed by atoms with E-state index in [4.69, 9.17) is 4.74 Å². The molecule has 5 atom stereocenters. The number of carbonyl (C=O) groups excluding carboxylic acids is 2. The Morgan fingerprint density at radius 2 is 1.50 bits per heavy atom. The normalized spacial score (nSPS) is 30.7. The van der Waals surface area contributed by atoms with Crippen LogP contribution in [0.15, 0.2) is 42.5 Å². The summed E-state index contributed by atoms with van der Waals surface area (Å²) in [5, 5.41) is 0. The number of aryl methyl sites for hydroxylation is 3. The van der Waals surface area contributed by atoms with E-state index in [0.29, 0.717) is 0 Å². The third kappa shape index (κ3) is 2.31. The molecule has 0 spiro atoms. The minimum Gasteiger partial charge on any atom is -0.365 e. The van der Waals surface area contributed by atoms with Crippen LogP contribution in [-0.2, 0) is 14.3 Å². The van der Waals surface area contributed by atoms with Crippen LogP contribution in [0.3, 0.4) is 0 Å². The second kappa shape index (κ2) is 5.95. The second-order valence-corrected chi connectivity index (χ2v) is 8.25. The van der Waals surface area contributed by atoms with Crippen LogP contribution in [0, 0.1) is 38.4 Å². The summed E-state index contributed by atoms with van der Waals surface area (Å²) in [4.78, 5) is 26.7. The van der Waals surface area contributed by atoms with Gasteiger partial charge >= 0.3 is 0 Å². The summed E-state index contributed by atoms with van der Waals surface area (Å²) in [7, 11) is 0. The number of carbonyl (C=O) groups is 2. The topological polar surface area (TPSA) is 43.4 Å². The van der Waals surface area contributed by atoms with Crippen molar-refractivity contribution < 1.29 is 18.7 Å². The van der Waals surface area contributed by atoms with Crippen molar-refractivity contribution in [2.75, 3.05) is 0 Å². The largest absolute Gasteiger partial charge is 0.365 e. The molecule has 2 heterocycles. The fourth-order valence-corrected chi connectivity index (χ4v) is 5.44. The van der Waals surface area contributed by atoms with Gasteiger partial charge < -0.3 is 4.74 Å². The number of ketones is 2. The van der Waals surface area contributed by atoms with E-state index in [1.807, 2.05) is 39.0 Å². The van der Waals surface area contributed by atoms with E-state index in [0.717, 1.165) is 33.4 Å². The van der Waals surface area contributed by atoms with Gasteiger partial charge in [0, 0.05) is 0 Å². The number of hydrogen-bond acceptors (Lipinski definition) is 3. The summed E-state index contributed by atoms with van der Waals surface area (Å²) in [6, 6.07) is 10.3. The average molecular weight is 376 g/mol. The SMILES string of the molecule is Cc1cc(C)c(C2C(=O)[C@@H]3[C@H](C2=O)[C@@H]2O[C@H]3C=C2c2ccc(F)cc2)c(C)c1. The van der Waals surface area contributed by atoms with Crippen molar-refractivity contribution >= 4 is 17.1 Å². The molecular weight excluding hydrogens is 355 g/mol. The molecule has 1 unspecified atom stereocenters. The standard InChI is InChI=1S/C24H21FO3/c1-11-8-12(2)18(13(3)9-11)20-22(26)19-17-10-16(14-4-6-15(25)7-5-14)24(28-17)21(19)23(20)27/h4-10,17,19-21,24H,1-3H3/t17-,19-,20?,21+,24+/m0/s1. The first-order valence-electron chi connectivity index (χ1n) is 9.65. The molecule has 142 valence electrons. The van der Waals surface area contributed by atoms with Gasteiger partial charge in [-0.05, 0) is 66.8 Å². The number of hydrogen-bond donors (Lipinski definition) is 0. The fraction of sp³-hybridized carbons (Fsp3) is 0.333. The van der Waals surface area contributed by atoms with E-state index < -0.39 is 23.9 Å². The zero-order valence-electron chi connectivity index (χ0n) is 16.0. The van der Waals surface area contributed by atoms with Gasteiger partial charge in [0.05, 0.1) is 24.0 Å². The zero-order chi connectivity index (χ0) is 19.7. The van der Waals surface area contributed by atoms with Gasteiger partial charge in [-0.15, -0.1) is 0 Å². The summed E-state index contributed by atoms with van der Waals surface area (Å²) in [6.45, 7) is 5.96. The Hall–Kier alpha value is -2.59. The molecule has 0 N–H and O–H groups in total. The van der Waals surface area contributed by atoms with Crippen LogP contribution < -0.4 is 0 Å². The number of ether oxygens (including phenoxy) is 1. The molecule has 2 fully saturated rings. The number of halogens is 1. The molecule has 4 heteroatoms. The van der Waals surface area contributed by atoms with Crippen molar-refractivity contribution in [3.8, 4) is 0 Å². The van der Waals surface area contributed by atoms with Gasteiger partial charge in [0.1, 0.15) is 11.7 Å². The summed E-state index contributed by atoms with van der Waals surface area (Å²) < 4.78 is 19.3. The summed E-state index contributed by atoms with van der Waals surface area (Å²) >= 11 is 0. The Morgan fingerprint density at radius 1 is 0.893 bits per heavy atom. The second-order valence-electron chi connectivity index (χ2n) is 8.25. The maximum Gasteiger partial charge on any atom is 0.154 e. The molecule has 0 amide bonds. The van der Waals surface area contributed by atoms with Crippen molar-refractivity contribution in [2.24, 2.45) is 11.8 Å². The van der Waals surface area contributed by atoms with Gasteiger partial charge in [-0.1, -0.05) is 29.8 Å². The Balaban J connectivity index is 1.54. The highest BCUT2D eigenvalue weighted by atomic mass is 19.1. The molecule has 0 radical (unpaired) electrons. The smallest absolute Gasteiger partial charge is 0.154 e. The molecule has 2 bridgehead atoms. The third-order valence-corrected chi connectivity index (χ3v) is 6.45. The van der Waals surface area contributed by atoms with Crippen LogP contribution in [0.25, 0.3) is 5.57 Å². The lowest BCUT2D eigenvalue weighted by atomic mass is 9.79.